The molecule has 270 valence electrons. The van der Waals surface area contributed by atoms with Crippen molar-refractivity contribution in [2.45, 2.75) is 0 Å². The number of pyridine rings is 1. The minimum atomic E-state index is 0.699. The van der Waals surface area contributed by atoms with E-state index in [9.17, 15) is 0 Å². The first kappa shape index (κ1) is 33.6. The van der Waals surface area contributed by atoms with E-state index in [-0.39, 0.29) is 0 Å². The second-order valence-corrected chi connectivity index (χ2v) is 14.9. The summed E-state index contributed by atoms with van der Waals surface area (Å²) in [5.41, 5.74) is 11.8. The first-order valence-electron chi connectivity index (χ1n) is 19.7. The molecule has 0 radical (unpaired) electrons. The third-order valence-corrected chi connectivity index (χ3v) is 11.4. The first-order valence-corrected chi connectivity index (χ1v) is 19.7. The van der Waals surface area contributed by atoms with Crippen LogP contribution in [0.25, 0.3) is 110 Å². The lowest BCUT2D eigenvalue weighted by Crippen LogP contribution is -1.96. The molecule has 0 fully saturated rings. The number of hydrogen-bond donors (Lipinski definition) is 0. The Morgan fingerprint density at radius 2 is 0.810 bits per heavy atom. The van der Waals surface area contributed by atoms with E-state index in [0.717, 1.165) is 50.2 Å². The molecule has 3 heteroatoms. The molecular formula is C55H35N3. The highest BCUT2D eigenvalue weighted by Crippen LogP contribution is 2.37. The maximum absolute atomic E-state index is 5.09. The van der Waals surface area contributed by atoms with Gasteiger partial charge in [0.15, 0.2) is 5.82 Å². The molecule has 0 atom stereocenters. The number of rotatable bonds is 6. The zero-order valence-electron chi connectivity index (χ0n) is 31.5. The maximum atomic E-state index is 5.09. The Bertz CT molecular complexity index is 3290. The molecule has 0 aliphatic rings. The van der Waals surface area contributed by atoms with Crippen LogP contribution in [0.5, 0.6) is 0 Å². The highest BCUT2D eigenvalue weighted by Gasteiger charge is 2.13. The van der Waals surface area contributed by atoms with Crippen LogP contribution in [0, 0.1) is 0 Å². The molecule has 0 saturated heterocycles. The van der Waals surface area contributed by atoms with Crippen LogP contribution in [0.3, 0.4) is 0 Å². The molecule has 58 heavy (non-hydrogen) atoms. The molecule has 0 aliphatic heterocycles. The first-order chi connectivity index (χ1) is 28.7. The molecule has 0 aliphatic carbocycles. The number of benzene rings is 9. The van der Waals surface area contributed by atoms with Crippen LogP contribution in [-0.4, -0.2) is 15.0 Å². The fourth-order valence-corrected chi connectivity index (χ4v) is 8.34. The van der Waals surface area contributed by atoms with Crippen LogP contribution in [0.4, 0.5) is 0 Å². The summed E-state index contributed by atoms with van der Waals surface area (Å²) in [6.07, 6.45) is 3.86. The van der Waals surface area contributed by atoms with Gasteiger partial charge in [-0.25, -0.2) is 9.97 Å². The van der Waals surface area contributed by atoms with Crippen molar-refractivity contribution in [3.05, 3.63) is 213 Å². The fourth-order valence-electron chi connectivity index (χ4n) is 8.34. The Morgan fingerprint density at radius 3 is 1.50 bits per heavy atom. The number of nitrogens with zero attached hydrogens (tertiary/aromatic N) is 3. The van der Waals surface area contributed by atoms with Gasteiger partial charge >= 0.3 is 0 Å². The lowest BCUT2D eigenvalue weighted by Gasteiger charge is -2.12. The van der Waals surface area contributed by atoms with Gasteiger partial charge in [-0.05, 0) is 83.7 Å². The SMILES string of the molecule is c1ccc(-c2nc(-c3ccc(-c4ccc(-c5cccc6c5ccc5cc7ccccc7cc56)cc4)cc3)cc(-c3ccc(-c4cncc5ccccc45)cc3)n2)cc1. The predicted molar refractivity (Wildman–Crippen MR) is 242 cm³/mol. The smallest absolute Gasteiger partial charge is 0.160 e. The van der Waals surface area contributed by atoms with Gasteiger partial charge in [-0.15, -0.1) is 0 Å². The molecule has 2 heterocycles. The predicted octanol–water partition coefficient (Wildman–Crippen LogP) is 14.5. The van der Waals surface area contributed by atoms with Gasteiger partial charge in [0.2, 0.25) is 0 Å². The van der Waals surface area contributed by atoms with Crippen molar-refractivity contribution in [3.8, 4) is 67.3 Å². The summed E-state index contributed by atoms with van der Waals surface area (Å²) >= 11 is 0. The Hall–Kier alpha value is -7.75. The Balaban J connectivity index is 0.907. The van der Waals surface area contributed by atoms with Crippen LogP contribution < -0.4 is 0 Å². The molecule has 9 aromatic carbocycles. The molecule has 0 bridgehead atoms. The largest absolute Gasteiger partial charge is 0.263 e. The molecule has 2 aromatic heterocycles. The van der Waals surface area contributed by atoms with Crippen LogP contribution >= 0.6 is 0 Å². The molecule has 11 rings (SSSR count). The van der Waals surface area contributed by atoms with Crippen molar-refractivity contribution in [1.82, 2.24) is 15.0 Å². The average Bonchev–Trinajstić information content (AvgIpc) is 3.31. The maximum Gasteiger partial charge on any atom is 0.160 e. The van der Waals surface area contributed by atoms with Gasteiger partial charge in [0.1, 0.15) is 0 Å². The van der Waals surface area contributed by atoms with Gasteiger partial charge in [-0.3, -0.25) is 4.98 Å². The summed E-state index contributed by atoms with van der Waals surface area (Å²) in [6, 6.07) is 71.4. The van der Waals surface area contributed by atoms with Crippen molar-refractivity contribution < 1.29 is 0 Å². The highest BCUT2D eigenvalue weighted by atomic mass is 14.9. The Labute approximate surface area is 336 Å². The van der Waals surface area contributed by atoms with Gasteiger partial charge in [0.25, 0.3) is 0 Å². The van der Waals surface area contributed by atoms with Gasteiger partial charge in [0.05, 0.1) is 11.4 Å². The van der Waals surface area contributed by atoms with E-state index in [4.69, 9.17) is 9.97 Å². The third-order valence-electron chi connectivity index (χ3n) is 11.4. The molecule has 3 nitrogen and oxygen atoms in total. The zero-order chi connectivity index (χ0) is 38.4. The molecule has 0 unspecified atom stereocenters. The van der Waals surface area contributed by atoms with E-state index in [1.54, 1.807) is 0 Å². The Kier molecular flexibility index (Phi) is 8.15. The van der Waals surface area contributed by atoms with E-state index >= 15 is 0 Å². The van der Waals surface area contributed by atoms with Crippen LogP contribution in [-0.2, 0) is 0 Å². The van der Waals surface area contributed by atoms with E-state index in [2.05, 4.69) is 181 Å². The standard InChI is InChI=1S/C55H35N3/c1-2-9-42(10-3-1)55-57-53(33-54(58-55)41-27-23-39(24-28-41)52-35-56-34-46-13-6-7-14-48(46)52)40-25-19-37(20-26-40)36-17-21-38(22-18-36)47-15-8-16-49-50(47)30-29-45-31-43-11-4-5-12-44(43)32-51(45)49/h1-35H. The molecule has 0 saturated carbocycles. The van der Waals surface area contributed by atoms with E-state index in [0.29, 0.717) is 5.82 Å². The summed E-state index contributed by atoms with van der Waals surface area (Å²) in [4.78, 5) is 14.7. The lowest BCUT2D eigenvalue weighted by atomic mass is 9.92. The third kappa shape index (κ3) is 6.07. The molecular weight excluding hydrogens is 703 g/mol. The van der Waals surface area contributed by atoms with Gasteiger partial charge in [-0.2, -0.15) is 0 Å². The number of aromatic nitrogens is 3. The van der Waals surface area contributed by atoms with Crippen LogP contribution in [0.15, 0.2) is 213 Å². The monoisotopic (exact) mass is 737 g/mol. The normalized spacial score (nSPS) is 11.4. The van der Waals surface area contributed by atoms with Crippen LogP contribution in [0.1, 0.15) is 0 Å². The van der Waals surface area contributed by atoms with E-state index < -0.39 is 0 Å². The molecule has 0 amide bonds. The number of fused-ring (bicyclic) bond motifs is 5. The molecule has 0 spiro atoms. The second kappa shape index (κ2) is 14.1. The van der Waals surface area contributed by atoms with Gasteiger partial charge in [0, 0.05) is 40.0 Å². The summed E-state index contributed by atoms with van der Waals surface area (Å²) < 4.78 is 0. The highest BCUT2D eigenvalue weighted by molar-refractivity contribution is 6.15. The van der Waals surface area contributed by atoms with Crippen molar-refractivity contribution in [3.63, 3.8) is 0 Å². The Morgan fingerprint density at radius 1 is 0.259 bits per heavy atom. The lowest BCUT2D eigenvalue weighted by molar-refractivity contribution is 1.18. The summed E-state index contributed by atoms with van der Waals surface area (Å²) in [5.74, 6) is 0.699. The minimum absolute atomic E-state index is 0.699. The number of hydrogen-bond acceptors (Lipinski definition) is 3. The molecule has 11 aromatic rings. The van der Waals surface area contributed by atoms with Gasteiger partial charge in [-0.1, -0.05) is 182 Å². The summed E-state index contributed by atoms with van der Waals surface area (Å²) in [6.45, 7) is 0. The van der Waals surface area contributed by atoms with Crippen molar-refractivity contribution >= 4 is 43.1 Å². The van der Waals surface area contributed by atoms with E-state index in [1.165, 1.54) is 54.4 Å². The van der Waals surface area contributed by atoms with Crippen LogP contribution in [0.2, 0.25) is 0 Å². The van der Waals surface area contributed by atoms with Crippen molar-refractivity contribution in [2.24, 2.45) is 0 Å². The van der Waals surface area contributed by atoms with Gasteiger partial charge < -0.3 is 0 Å². The van der Waals surface area contributed by atoms with E-state index in [1.807, 2.05) is 36.7 Å². The molecule has 0 N–H and O–H groups in total. The van der Waals surface area contributed by atoms with Crippen molar-refractivity contribution in [2.75, 3.05) is 0 Å². The fraction of sp³-hybridized carbons (Fsp3) is 0. The minimum Gasteiger partial charge on any atom is -0.263 e. The quantitative estimate of drug-likeness (QED) is 0.126. The summed E-state index contributed by atoms with van der Waals surface area (Å²) in [7, 11) is 0. The van der Waals surface area contributed by atoms with Crippen molar-refractivity contribution in [1.29, 1.82) is 0 Å². The zero-order valence-corrected chi connectivity index (χ0v) is 31.5. The second-order valence-electron chi connectivity index (χ2n) is 14.9. The average molecular weight is 738 g/mol. The summed E-state index contributed by atoms with van der Waals surface area (Å²) in [5, 5.41) is 9.94. The topological polar surface area (TPSA) is 38.7 Å².